The molecule has 0 fully saturated rings. The predicted octanol–water partition coefficient (Wildman–Crippen LogP) is 0.966. The van der Waals surface area contributed by atoms with Crippen molar-refractivity contribution in [3.8, 4) is 5.75 Å². The van der Waals surface area contributed by atoms with Crippen LogP contribution in [0, 0.1) is 20.2 Å². The number of rotatable bonds is 5. The summed E-state index contributed by atoms with van der Waals surface area (Å²) in [6.45, 7) is -0.686. The minimum absolute atomic E-state index is 0.121. The van der Waals surface area contributed by atoms with Crippen LogP contribution in [0.4, 0.5) is 11.4 Å². The molecule has 0 heterocycles. The molecule has 0 spiro atoms. The standard InChI is InChI=1S/C8H6N2O7/c11-8(12)4-17-5-1-2-6(9(13)14)7(3-5)10(15)16/h1-3H,4H2,(H,11,12). The van der Waals surface area contributed by atoms with Crippen molar-refractivity contribution in [3.63, 3.8) is 0 Å². The number of hydrogen-bond donors (Lipinski definition) is 1. The highest BCUT2D eigenvalue weighted by Gasteiger charge is 2.24. The van der Waals surface area contributed by atoms with Gasteiger partial charge in [-0.2, -0.15) is 0 Å². The quantitative estimate of drug-likeness (QED) is 0.600. The lowest BCUT2D eigenvalue weighted by molar-refractivity contribution is -0.422. The van der Waals surface area contributed by atoms with Gasteiger partial charge in [0, 0.05) is 6.07 Å². The molecule has 9 heteroatoms. The Balaban J connectivity index is 3.05. The zero-order valence-corrected chi connectivity index (χ0v) is 8.23. The Labute approximate surface area is 93.5 Å². The summed E-state index contributed by atoms with van der Waals surface area (Å²) in [5.74, 6) is -1.38. The fraction of sp³-hybridized carbons (Fsp3) is 0.125. The first-order valence-electron chi connectivity index (χ1n) is 4.19. The van der Waals surface area contributed by atoms with Crippen LogP contribution in [0.15, 0.2) is 18.2 Å². The number of hydrogen-bond acceptors (Lipinski definition) is 6. The van der Waals surface area contributed by atoms with E-state index in [4.69, 9.17) is 5.11 Å². The van der Waals surface area contributed by atoms with Crippen LogP contribution < -0.4 is 4.74 Å². The summed E-state index contributed by atoms with van der Waals surface area (Å²) < 4.78 is 4.67. The third-order valence-electron chi connectivity index (χ3n) is 1.70. The Kier molecular flexibility index (Phi) is 3.55. The fourth-order valence-electron chi connectivity index (χ4n) is 1.04. The molecule has 90 valence electrons. The largest absolute Gasteiger partial charge is 0.482 e. The van der Waals surface area contributed by atoms with E-state index in [0.717, 1.165) is 18.2 Å². The molecule has 1 rings (SSSR count). The number of carboxylic acid groups (broad SMARTS) is 1. The second-order valence-corrected chi connectivity index (χ2v) is 2.85. The number of carboxylic acids is 1. The molecular weight excluding hydrogens is 236 g/mol. The van der Waals surface area contributed by atoms with E-state index >= 15 is 0 Å². The lowest BCUT2D eigenvalue weighted by Gasteiger charge is -2.02. The second-order valence-electron chi connectivity index (χ2n) is 2.85. The van der Waals surface area contributed by atoms with Crippen LogP contribution in [0.1, 0.15) is 0 Å². The van der Waals surface area contributed by atoms with Gasteiger partial charge in [-0.05, 0) is 6.07 Å². The molecule has 0 radical (unpaired) electrons. The van der Waals surface area contributed by atoms with Crippen LogP contribution in [0.2, 0.25) is 0 Å². The third kappa shape index (κ3) is 3.12. The number of benzene rings is 1. The van der Waals surface area contributed by atoms with Gasteiger partial charge in [0.2, 0.25) is 0 Å². The molecule has 17 heavy (non-hydrogen) atoms. The molecule has 9 nitrogen and oxygen atoms in total. The minimum atomic E-state index is -1.26. The van der Waals surface area contributed by atoms with Gasteiger partial charge in [-0.1, -0.05) is 0 Å². The van der Waals surface area contributed by atoms with E-state index in [1.165, 1.54) is 0 Å². The maximum absolute atomic E-state index is 10.5. The molecule has 1 N–H and O–H groups in total. The lowest BCUT2D eigenvalue weighted by atomic mass is 10.2. The second kappa shape index (κ2) is 4.88. The van der Waals surface area contributed by atoms with Gasteiger partial charge in [0.1, 0.15) is 5.75 Å². The third-order valence-corrected chi connectivity index (χ3v) is 1.70. The highest BCUT2D eigenvalue weighted by molar-refractivity contribution is 5.68. The molecule has 0 saturated heterocycles. The average molecular weight is 242 g/mol. The first kappa shape index (κ1) is 12.4. The van der Waals surface area contributed by atoms with Crippen LogP contribution >= 0.6 is 0 Å². The molecule has 1 aromatic carbocycles. The number of aliphatic carboxylic acids is 1. The number of carbonyl (C=O) groups is 1. The molecule has 0 saturated carbocycles. The molecule has 0 atom stereocenters. The van der Waals surface area contributed by atoms with E-state index < -0.39 is 33.8 Å². The summed E-state index contributed by atoms with van der Waals surface area (Å²) >= 11 is 0. The Morgan fingerprint density at radius 2 is 1.82 bits per heavy atom. The summed E-state index contributed by atoms with van der Waals surface area (Å²) in [7, 11) is 0. The Hall–Kier alpha value is -2.71. The number of nitrogens with zero attached hydrogens (tertiary/aromatic N) is 2. The molecule has 0 bridgehead atoms. The van der Waals surface area contributed by atoms with Crippen molar-refractivity contribution >= 4 is 17.3 Å². The fourth-order valence-corrected chi connectivity index (χ4v) is 1.04. The summed E-state index contributed by atoms with van der Waals surface area (Å²) in [5, 5.41) is 29.3. The van der Waals surface area contributed by atoms with Gasteiger partial charge in [-0.25, -0.2) is 4.79 Å². The summed E-state index contributed by atoms with van der Waals surface area (Å²) in [5.41, 5.74) is -1.43. The van der Waals surface area contributed by atoms with E-state index in [1.807, 2.05) is 0 Å². The summed E-state index contributed by atoms with van der Waals surface area (Å²) in [4.78, 5) is 29.4. The van der Waals surface area contributed by atoms with Gasteiger partial charge in [0.15, 0.2) is 6.61 Å². The van der Waals surface area contributed by atoms with Gasteiger partial charge in [0.25, 0.3) is 0 Å². The van der Waals surface area contributed by atoms with Crippen molar-refractivity contribution in [2.75, 3.05) is 6.61 Å². The zero-order chi connectivity index (χ0) is 13.0. The summed E-state index contributed by atoms with van der Waals surface area (Å²) in [6, 6.07) is 2.78. The van der Waals surface area contributed by atoms with Crippen LogP contribution in [0.5, 0.6) is 5.75 Å². The Morgan fingerprint density at radius 1 is 1.24 bits per heavy atom. The zero-order valence-electron chi connectivity index (χ0n) is 8.23. The van der Waals surface area contributed by atoms with Gasteiger partial charge in [0.05, 0.1) is 15.9 Å². The minimum Gasteiger partial charge on any atom is -0.482 e. The Bertz CT molecular complexity index is 485. The van der Waals surface area contributed by atoms with Gasteiger partial charge >= 0.3 is 17.3 Å². The topological polar surface area (TPSA) is 133 Å². The molecule has 0 aliphatic carbocycles. The maximum Gasteiger partial charge on any atom is 0.349 e. The van der Waals surface area contributed by atoms with Crippen molar-refractivity contribution in [2.24, 2.45) is 0 Å². The van der Waals surface area contributed by atoms with E-state index in [0.29, 0.717) is 0 Å². The number of nitro groups is 2. The normalized spacial score (nSPS) is 9.65. The molecule has 0 unspecified atom stereocenters. The molecule has 0 amide bonds. The molecule has 0 aromatic heterocycles. The first-order chi connectivity index (χ1) is 7.91. The van der Waals surface area contributed by atoms with Crippen molar-refractivity contribution in [2.45, 2.75) is 0 Å². The van der Waals surface area contributed by atoms with Gasteiger partial charge < -0.3 is 9.84 Å². The van der Waals surface area contributed by atoms with Crippen LogP contribution in [-0.2, 0) is 4.79 Å². The summed E-state index contributed by atoms with van der Waals surface area (Å²) in [6.07, 6.45) is 0. The van der Waals surface area contributed by atoms with E-state index in [1.54, 1.807) is 0 Å². The molecular formula is C8H6N2O7. The van der Waals surface area contributed by atoms with Crippen molar-refractivity contribution < 1.29 is 24.5 Å². The van der Waals surface area contributed by atoms with E-state index in [-0.39, 0.29) is 5.75 Å². The van der Waals surface area contributed by atoms with E-state index in [2.05, 4.69) is 4.74 Å². The van der Waals surface area contributed by atoms with Crippen LogP contribution in [0.3, 0.4) is 0 Å². The van der Waals surface area contributed by atoms with Crippen molar-refractivity contribution in [1.82, 2.24) is 0 Å². The molecule has 0 aliphatic rings. The maximum atomic E-state index is 10.5. The van der Waals surface area contributed by atoms with Crippen molar-refractivity contribution in [3.05, 3.63) is 38.4 Å². The first-order valence-corrected chi connectivity index (χ1v) is 4.19. The van der Waals surface area contributed by atoms with Crippen LogP contribution in [0.25, 0.3) is 0 Å². The smallest absolute Gasteiger partial charge is 0.349 e. The van der Waals surface area contributed by atoms with Gasteiger partial charge in [-0.15, -0.1) is 0 Å². The Morgan fingerprint density at radius 3 is 2.29 bits per heavy atom. The average Bonchev–Trinajstić information content (AvgIpc) is 2.25. The highest BCUT2D eigenvalue weighted by Crippen LogP contribution is 2.30. The SMILES string of the molecule is O=C(O)COc1ccc([N+](=O)[O-])c([N+](=O)[O-])c1. The molecule has 0 aliphatic heterocycles. The van der Waals surface area contributed by atoms with Gasteiger partial charge in [-0.3, -0.25) is 20.2 Å². The highest BCUT2D eigenvalue weighted by atomic mass is 16.6. The van der Waals surface area contributed by atoms with E-state index in [9.17, 15) is 25.0 Å². The number of nitro benzene ring substituents is 2. The monoisotopic (exact) mass is 242 g/mol. The lowest BCUT2D eigenvalue weighted by Crippen LogP contribution is -2.09. The van der Waals surface area contributed by atoms with Crippen molar-refractivity contribution in [1.29, 1.82) is 0 Å². The number of ether oxygens (including phenoxy) is 1. The molecule has 1 aromatic rings. The van der Waals surface area contributed by atoms with Crippen LogP contribution in [-0.4, -0.2) is 27.5 Å². The predicted molar refractivity (Wildman–Crippen MR) is 52.9 cm³/mol.